The van der Waals surface area contributed by atoms with Gasteiger partial charge in [-0.25, -0.2) is 9.69 Å². The van der Waals surface area contributed by atoms with E-state index < -0.39 is 0 Å². The van der Waals surface area contributed by atoms with Gasteiger partial charge in [-0.3, -0.25) is 0 Å². The van der Waals surface area contributed by atoms with Crippen molar-refractivity contribution in [3.8, 4) is 11.6 Å². The normalized spacial score (nSPS) is 15.4. The topological polar surface area (TPSA) is 104 Å². The minimum absolute atomic E-state index is 0.125. The van der Waals surface area contributed by atoms with Gasteiger partial charge >= 0.3 is 0 Å². The summed E-state index contributed by atoms with van der Waals surface area (Å²) in [4.78, 5) is 4.39. The Bertz CT molecular complexity index is 1620. The third-order valence-corrected chi connectivity index (χ3v) is 7.25. The highest BCUT2D eigenvalue weighted by Crippen LogP contribution is 2.44. The largest absolute Gasteiger partial charge is 0.491 e. The monoisotopic (exact) mass is 520 g/mol. The lowest BCUT2D eigenvalue weighted by molar-refractivity contribution is 0.458. The lowest BCUT2D eigenvalue weighted by atomic mass is 10.0. The maximum Gasteiger partial charge on any atom is 0.253 e. The zero-order valence-corrected chi connectivity index (χ0v) is 21.6. The van der Waals surface area contributed by atoms with Crippen molar-refractivity contribution in [2.45, 2.75) is 26.3 Å². The van der Waals surface area contributed by atoms with Crippen molar-refractivity contribution < 1.29 is 5.11 Å². The standard InChI is InChI=1S/C28H24N8OS/c1-18-13-15-22(16-14-18)35-19(2)25(31-34-35)23-17-24(20-9-5-3-6-10-20)36(33-23)28-29-26(37)27(38-28)32-30-21-11-7-4-8-12-21/h3-16,24,37H,17H2,1-2H3. The lowest BCUT2D eigenvalue weighted by Gasteiger charge is -2.20. The minimum atomic E-state index is -0.179. The molecule has 0 radical (unpaired) electrons. The quantitative estimate of drug-likeness (QED) is 0.248. The second-order valence-electron chi connectivity index (χ2n) is 8.95. The van der Waals surface area contributed by atoms with E-state index in [0.717, 1.165) is 28.4 Å². The zero-order valence-electron chi connectivity index (χ0n) is 20.8. The van der Waals surface area contributed by atoms with Crippen molar-refractivity contribution in [1.82, 2.24) is 20.0 Å². The highest BCUT2D eigenvalue weighted by atomic mass is 32.1. The molecule has 188 valence electrons. The predicted molar refractivity (Wildman–Crippen MR) is 148 cm³/mol. The number of rotatable bonds is 6. The number of aromatic hydroxyl groups is 1. The molecule has 9 nitrogen and oxygen atoms in total. The SMILES string of the molecule is Cc1ccc(-n2nnc(C3=NN(c4nc(O)c(N=Nc5ccccc5)s4)C(c4ccccc4)C3)c2C)cc1. The molecule has 1 aliphatic heterocycles. The number of anilines is 1. The Morgan fingerprint density at radius 1 is 0.895 bits per heavy atom. The van der Waals surface area contributed by atoms with Crippen molar-refractivity contribution in [3.05, 3.63) is 107 Å². The average Bonchev–Trinajstić information content (AvgIpc) is 3.65. The van der Waals surface area contributed by atoms with E-state index >= 15 is 0 Å². The van der Waals surface area contributed by atoms with Gasteiger partial charge in [-0.15, -0.1) is 15.3 Å². The van der Waals surface area contributed by atoms with E-state index in [2.05, 4.69) is 56.7 Å². The van der Waals surface area contributed by atoms with Crippen LogP contribution >= 0.6 is 11.3 Å². The Balaban J connectivity index is 1.36. The molecular formula is C28H24N8OS. The molecule has 3 aromatic carbocycles. The smallest absolute Gasteiger partial charge is 0.253 e. The van der Waals surface area contributed by atoms with Gasteiger partial charge in [-0.1, -0.05) is 82.8 Å². The van der Waals surface area contributed by atoms with Crippen LogP contribution in [0, 0.1) is 13.8 Å². The minimum Gasteiger partial charge on any atom is -0.491 e. The molecule has 0 spiro atoms. The van der Waals surface area contributed by atoms with Crippen LogP contribution in [-0.4, -0.2) is 30.8 Å². The summed E-state index contributed by atoms with van der Waals surface area (Å²) >= 11 is 1.24. The molecule has 1 aliphatic rings. The summed E-state index contributed by atoms with van der Waals surface area (Å²) in [6.07, 6.45) is 0.610. The maximum atomic E-state index is 10.5. The van der Waals surface area contributed by atoms with Gasteiger partial charge < -0.3 is 5.11 Å². The zero-order chi connectivity index (χ0) is 26.1. The molecule has 0 fully saturated rings. The van der Waals surface area contributed by atoms with Gasteiger partial charge in [0.25, 0.3) is 5.88 Å². The molecule has 10 heteroatoms. The number of nitrogens with zero attached hydrogens (tertiary/aromatic N) is 8. The Morgan fingerprint density at radius 2 is 1.61 bits per heavy atom. The van der Waals surface area contributed by atoms with Crippen molar-refractivity contribution in [1.29, 1.82) is 0 Å². The number of hydrogen-bond acceptors (Lipinski definition) is 9. The number of hydrazone groups is 1. The number of thiazole rings is 1. The predicted octanol–water partition coefficient (Wildman–Crippen LogP) is 6.82. The highest BCUT2D eigenvalue weighted by molar-refractivity contribution is 7.19. The van der Waals surface area contributed by atoms with E-state index in [4.69, 9.17) is 5.10 Å². The van der Waals surface area contributed by atoms with Crippen LogP contribution in [0.2, 0.25) is 0 Å². The number of benzene rings is 3. The third kappa shape index (κ3) is 4.57. The molecule has 2 aromatic heterocycles. The number of azo groups is 1. The summed E-state index contributed by atoms with van der Waals surface area (Å²) in [6.45, 7) is 4.05. The number of aryl methyl sites for hydroxylation is 1. The molecule has 0 bridgehead atoms. The van der Waals surface area contributed by atoms with Crippen LogP contribution in [-0.2, 0) is 0 Å². The average molecular weight is 521 g/mol. The van der Waals surface area contributed by atoms with E-state index in [-0.39, 0.29) is 11.9 Å². The van der Waals surface area contributed by atoms with E-state index in [1.807, 2.05) is 77.3 Å². The van der Waals surface area contributed by atoms with Crippen LogP contribution in [0.15, 0.2) is 100 Å². The molecule has 1 atom stereocenters. The molecule has 0 saturated heterocycles. The molecular weight excluding hydrogens is 496 g/mol. The van der Waals surface area contributed by atoms with Gasteiger partial charge in [0.2, 0.25) is 10.1 Å². The van der Waals surface area contributed by atoms with Crippen LogP contribution in [0.5, 0.6) is 5.88 Å². The maximum absolute atomic E-state index is 10.5. The van der Waals surface area contributed by atoms with Crippen molar-refractivity contribution in [2.75, 3.05) is 5.01 Å². The van der Waals surface area contributed by atoms with Crippen molar-refractivity contribution in [3.63, 3.8) is 0 Å². The molecule has 38 heavy (non-hydrogen) atoms. The second-order valence-corrected chi connectivity index (χ2v) is 9.91. The Morgan fingerprint density at radius 3 is 2.34 bits per heavy atom. The first-order chi connectivity index (χ1) is 18.6. The molecule has 6 rings (SSSR count). The summed E-state index contributed by atoms with van der Waals surface area (Å²) in [7, 11) is 0. The molecule has 1 N–H and O–H groups in total. The van der Waals surface area contributed by atoms with Gasteiger partial charge in [0, 0.05) is 6.42 Å². The van der Waals surface area contributed by atoms with Crippen LogP contribution in [0.3, 0.4) is 0 Å². The van der Waals surface area contributed by atoms with E-state index in [1.54, 1.807) is 0 Å². The van der Waals surface area contributed by atoms with E-state index in [1.165, 1.54) is 16.9 Å². The number of aromatic nitrogens is 4. The molecule has 5 aromatic rings. The van der Waals surface area contributed by atoms with E-state index in [9.17, 15) is 5.11 Å². The first-order valence-electron chi connectivity index (χ1n) is 12.1. The molecule has 3 heterocycles. The first kappa shape index (κ1) is 23.7. The molecule has 0 aliphatic carbocycles. The van der Waals surface area contributed by atoms with Crippen molar-refractivity contribution in [2.24, 2.45) is 15.3 Å². The highest BCUT2D eigenvalue weighted by Gasteiger charge is 2.34. The van der Waals surface area contributed by atoms with Gasteiger partial charge in [0.15, 0.2) is 0 Å². The Hall–Kier alpha value is -4.70. The molecule has 0 amide bonds. The summed E-state index contributed by atoms with van der Waals surface area (Å²) in [5, 5.41) is 35.5. The second kappa shape index (κ2) is 9.98. The van der Waals surface area contributed by atoms with Crippen LogP contribution in [0.1, 0.15) is 35.0 Å². The van der Waals surface area contributed by atoms with Crippen LogP contribution < -0.4 is 5.01 Å². The third-order valence-electron chi connectivity index (χ3n) is 6.33. The van der Waals surface area contributed by atoms with E-state index in [0.29, 0.717) is 22.2 Å². The fourth-order valence-corrected chi connectivity index (χ4v) is 5.13. The van der Waals surface area contributed by atoms with Crippen LogP contribution in [0.25, 0.3) is 5.69 Å². The fraction of sp³-hybridized carbons (Fsp3) is 0.143. The molecule has 0 saturated carbocycles. The van der Waals surface area contributed by atoms with Gasteiger partial charge in [0.05, 0.1) is 28.8 Å². The summed E-state index contributed by atoms with van der Waals surface area (Å²) < 4.78 is 1.83. The van der Waals surface area contributed by atoms with Gasteiger partial charge in [-0.2, -0.15) is 10.1 Å². The van der Waals surface area contributed by atoms with Crippen LogP contribution in [0.4, 0.5) is 15.8 Å². The lowest BCUT2D eigenvalue weighted by Crippen LogP contribution is -2.18. The summed E-state index contributed by atoms with van der Waals surface area (Å²) in [6, 6.07) is 27.5. The first-order valence-corrected chi connectivity index (χ1v) is 13.0. The summed E-state index contributed by atoms with van der Waals surface area (Å²) in [5.74, 6) is -0.179. The number of hydrogen-bond donors (Lipinski definition) is 1. The van der Waals surface area contributed by atoms with Crippen molar-refractivity contribution >= 4 is 32.9 Å². The molecule has 1 unspecified atom stereocenters. The fourth-order valence-electron chi connectivity index (χ4n) is 4.35. The van der Waals surface area contributed by atoms with Gasteiger partial charge in [-0.05, 0) is 43.7 Å². The Labute approximate surface area is 223 Å². The van der Waals surface area contributed by atoms with Gasteiger partial charge in [0.1, 0.15) is 5.69 Å². The summed E-state index contributed by atoms with van der Waals surface area (Å²) in [5.41, 5.74) is 6.34. The Kier molecular flexibility index (Phi) is 6.22.